The van der Waals surface area contributed by atoms with Crippen LogP contribution in [0, 0.1) is 6.92 Å². The number of methoxy groups -OCH3 is 1. The van der Waals surface area contributed by atoms with Gasteiger partial charge in [-0.25, -0.2) is 9.97 Å². The average molecular weight is 405 g/mol. The third-order valence-corrected chi connectivity index (χ3v) is 6.16. The van der Waals surface area contributed by atoms with Gasteiger partial charge in [-0.05, 0) is 62.4 Å². The summed E-state index contributed by atoms with van der Waals surface area (Å²) in [7, 11) is 1.60. The molecule has 1 saturated carbocycles. The van der Waals surface area contributed by atoms with Crippen LogP contribution in [0.5, 0.6) is 5.75 Å². The van der Waals surface area contributed by atoms with Gasteiger partial charge in [0, 0.05) is 5.39 Å². The van der Waals surface area contributed by atoms with Crippen molar-refractivity contribution in [3.8, 4) is 5.75 Å². The monoisotopic (exact) mass is 405 g/mol. The maximum atomic E-state index is 13.5. The number of nitrogens with zero attached hydrogens (tertiary/aromatic N) is 3. The molecule has 0 bridgehead atoms. The van der Waals surface area contributed by atoms with E-state index in [2.05, 4.69) is 20.6 Å². The van der Waals surface area contributed by atoms with Crippen LogP contribution in [0.2, 0.25) is 0 Å². The minimum atomic E-state index is -0.624. The summed E-state index contributed by atoms with van der Waals surface area (Å²) in [5, 5.41) is 7.05. The van der Waals surface area contributed by atoms with E-state index in [9.17, 15) is 9.59 Å². The van der Waals surface area contributed by atoms with Crippen LogP contribution in [0.4, 0.5) is 11.5 Å². The molecular weight excluding hydrogens is 382 g/mol. The average Bonchev–Trinajstić information content (AvgIpc) is 3.04. The highest BCUT2D eigenvalue weighted by Crippen LogP contribution is 2.37. The zero-order valence-corrected chi connectivity index (χ0v) is 17.0. The van der Waals surface area contributed by atoms with Gasteiger partial charge in [-0.3, -0.25) is 14.2 Å². The Kier molecular flexibility index (Phi) is 4.23. The second-order valence-electron chi connectivity index (χ2n) is 8.01. The first-order valence-corrected chi connectivity index (χ1v) is 10.2. The van der Waals surface area contributed by atoms with E-state index in [4.69, 9.17) is 4.74 Å². The molecule has 1 aliphatic heterocycles. The largest absolute Gasteiger partial charge is 0.497 e. The molecule has 0 saturated heterocycles. The lowest BCUT2D eigenvalue weighted by Gasteiger charge is -2.35. The number of aromatic nitrogens is 3. The van der Waals surface area contributed by atoms with Crippen LogP contribution in [0.25, 0.3) is 10.9 Å². The predicted molar refractivity (Wildman–Crippen MR) is 113 cm³/mol. The molecule has 3 aromatic rings. The molecule has 1 amide bonds. The van der Waals surface area contributed by atoms with Crippen molar-refractivity contribution in [2.24, 2.45) is 0 Å². The van der Waals surface area contributed by atoms with E-state index in [1.165, 1.54) is 6.33 Å². The summed E-state index contributed by atoms with van der Waals surface area (Å²) in [5.41, 5.74) is 1.51. The summed E-state index contributed by atoms with van der Waals surface area (Å²) in [6.45, 7) is 1.86. The van der Waals surface area contributed by atoms with Crippen LogP contribution >= 0.6 is 0 Å². The van der Waals surface area contributed by atoms with Gasteiger partial charge >= 0.3 is 0 Å². The molecule has 2 aliphatic rings. The van der Waals surface area contributed by atoms with Crippen LogP contribution in [-0.2, 0) is 5.66 Å². The maximum absolute atomic E-state index is 13.5. The molecule has 0 unspecified atom stereocenters. The smallest absolute Gasteiger partial charge is 0.276 e. The molecule has 1 aromatic carbocycles. The molecule has 154 valence electrons. The number of fused-ring (bicyclic) bond motifs is 3. The fourth-order valence-electron chi connectivity index (χ4n) is 4.73. The molecule has 3 heterocycles. The summed E-state index contributed by atoms with van der Waals surface area (Å²) in [5.74, 6) is 1.03. The van der Waals surface area contributed by atoms with Gasteiger partial charge in [0.2, 0.25) is 0 Å². The Morgan fingerprint density at radius 3 is 2.70 bits per heavy atom. The first-order valence-electron chi connectivity index (χ1n) is 10.2. The summed E-state index contributed by atoms with van der Waals surface area (Å²) >= 11 is 0. The number of hydrogen-bond acceptors (Lipinski definition) is 6. The number of aryl methyl sites for hydroxylation is 1. The molecule has 5 rings (SSSR count). The highest BCUT2D eigenvalue weighted by atomic mass is 16.5. The number of nitrogens with one attached hydrogen (secondary N) is 2. The molecule has 30 heavy (non-hydrogen) atoms. The molecule has 8 heteroatoms. The minimum Gasteiger partial charge on any atom is -0.497 e. The van der Waals surface area contributed by atoms with Gasteiger partial charge in [-0.2, -0.15) is 0 Å². The maximum Gasteiger partial charge on any atom is 0.276 e. The quantitative estimate of drug-likeness (QED) is 0.694. The summed E-state index contributed by atoms with van der Waals surface area (Å²) < 4.78 is 7.00. The number of carbonyl (C=O) groups is 1. The first-order chi connectivity index (χ1) is 14.5. The molecule has 2 aromatic heterocycles. The molecule has 1 spiro atoms. The van der Waals surface area contributed by atoms with Crippen LogP contribution in [0.3, 0.4) is 0 Å². The van der Waals surface area contributed by atoms with Crippen molar-refractivity contribution in [3.05, 3.63) is 52.2 Å². The lowest BCUT2D eigenvalue weighted by molar-refractivity contribution is 0.0876. The third-order valence-electron chi connectivity index (χ3n) is 6.16. The van der Waals surface area contributed by atoms with Crippen molar-refractivity contribution >= 4 is 28.3 Å². The van der Waals surface area contributed by atoms with E-state index in [-0.39, 0.29) is 11.5 Å². The van der Waals surface area contributed by atoms with Gasteiger partial charge in [0.25, 0.3) is 11.5 Å². The number of benzene rings is 1. The highest BCUT2D eigenvalue weighted by Gasteiger charge is 2.45. The molecule has 0 radical (unpaired) electrons. The van der Waals surface area contributed by atoms with Crippen molar-refractivity contribution < 1.29 is 9.53 Å². The van der Waals surface area contributed by atoms with Gasteiger partial charge in [0.05, 0.1) is 12.6 Å². The number of ether oxygens (including phenoxy) is 1. The predicted octanol–water partition coefficient (Wildman–Crippen LogP) is 3.21. The van der Waals surface area contributed by atoms with Crippen molar-refractivity contribution in [1.82, 2.24) is 19.9 Å². The van der Waals surface area contributed by atoms with Crippen molar-refractivity contribution in [2.45, 2.75) is 44.7 Å². The number of hydrogen-bond donors (Lipinski definition) is 2. The van der Waals surface area contributed by atoms with Crippen LogP contribution in [0.15, 0.2) is 35.4 Å². The van der Waals surface area contributed by atoms with Gasteiger partial charge < -0.3 is 15.4 Å². The zero-order valence-electron chi connectivity index (χ0n) is 17.0. The fourth-order valence-corrected chi connectivity index (χ4v) is 4.73. The second-order valence-corrected chi connectivity index (χ2v) is 8.01. The molecule has 1 aliphatic carbocycles. The van der Waals surface area contributed by atoms with E-state index < -0.39 is 5.66 Å². The highest BCUT2D eigenvalue weighted by molar-refractivity contribution is 5.97. The van der Waals surface area contributed by atoms with Crippen molar-refractivity contribution in [3.63, 3.8) is 0 Å². The second kappa shape index (κ2) is 6.83. The van der Waals surface area contributed by atoms with Crippen molar-refractivity contribution in [1.29, 1.82) is 0 Å². The summed E-state index contributed by atoms with van der Waals surface area (Å²) in [6, 6.07) is 7.24. The molecule has 2 N–H and O–H groups in total. The van der Waals surface area contributed by atoms with Gasteiger partial charge in [0.15, 0.2) is 0 Å². The normalized spacial score (nSPS) is 17.1. The van der Waals surface area contributed by atoms with E-state index in [1.54, 1.807) is 17.7 Å². The fraction of sp³-hybridized carbons (Fsp3) is 0.364. The SMILES string of the molecule is COc1ccc2ncnc(Nc3cc(C)c4n(c3=O)C3(CCCCC3)NC4=O)c2c1. The Balaban J connectivity index is 1.65. The molecular formula is C22H23N5O3. The number of rotatable bonds is 3. The summed E-state index contributed by atoms with van der Waals surface area (Å²) in [6.07, 6.45) is 6.08. The Labute approximate surface area is 173 Å². The lowest BCUT2D eigenvalue weighted by Crippen LogP contribution is -2.48. The van der Waals surface area contributed by atoms with Gasteiger partial charge in [-0.15, -0.1) is 0 Å². The van der Waals surface area contributed by atoms with E-state index in [0.29, 0.717) is 22.9 Å². The van der Waals surface area contributed by atoms with Crippen LogP contribution in [0.1, 0.15) is 48.2 Å². The van der Waals surface area contributed by atoms with Crippen molar-refractivity contribution in [2.75, 3.05) is 12.4 Å². The zero-order chi connectivity index (χ0) is 20.9. The number of carbonyl (C=O) groups excluding carboxylic acids is 1. The Hall–Kier alpha value is -3.42. The number of amides is 1. The first kappa shape index (κ1) is 18.6. The lowest BCUT2D eigenvalue weighted by atomic mass is 9.89. The minimum absolute atomic E-state index is 0.171. The molecule has 8 nitrogen and oxygen atoms in total. The van der Waals surface area contributed by atoms with E-state index >= 15 is 0 Å². The standard InChI is InChI=1S/C22H23N5O3/c1-13-10-17(25-19-15-11-14(30-2)6-7-16(15)23-12-24-19)21(29)27-18(13)20(28)26-22(27)8-4-3-5-9-22/h6-7,10-12H,3-5,8-9H2,1-2H3,(H,26,28)(H,23,24,25). The van der Waals surface area contributed by atoms with Gasteiger partial charge in [0.1, 0.15) is 34.9 Å². The van der Waals surface area contributed by atoms with E-state index in [0.717, 1.165) is 48.6 Å². The molecule has 1 fully saturated rings. The van der Waals surface area contributed by atoms with Gasteiger partial charge in [-0.1, -0.05) is 6.42 Å². The third kappa shape index (κ3) is 2.74. The number of pyridine rings is 1. The Morgan fingerprint density at radius 2 is 1.93 bits per heavy atom. The van der Waals surface area contributed by atoms with Crippen LogP contribution in [-0.4, -0.2) is 27.6 Å². The Bertz CT molecular complexity index is 1230. The Morgan fingerprint density at radius 1 is 1.13 bits per heavy atom. The topological polar surface area (TPSA) is 98.1 Å². The summed E-state index contributed by atoms with van der Waals surface area (Å²) in [4.78, 5) is 34.9. The van der Waals surface area contributed by atoms with Crippen LogP contribution < -0.4 is 20.9 Å². The molecule has 0 atom stereocenters. The van der Waals surface area contributed by atoms with E-state index in [1.807, 2.05) is 25.1 Å². The number of anilines is 2.